The Kier molecular flexibility index (Phi) is 9.79. The molecule has 1 unspecified atom stereocenters. The summed E-state index contributed by atoms with van der Waals surface area (Å²) in [4.78, 5) is 4.59. The van der Waals surface area contributed by atoms with Gasteiger partial charge in [-0.25, -0.2) is 0 Å². The molecule has 1 atom stereocenters. The fourth-order valence-electron chi connectivity index (χ4n) is 3.50. The SMILES string of the molecule is C/C=C/c1ccc(OCC(O)CN2CCN(c3cccc(Cl)c3)CC2)c(OC)c1.Cl. The van der Waals surface area contributed by atoms with E-state index >= 15 is 0 Å². The molecule has 0 bridgehead atoms. The zero-order valence-electron chi connectivity index (χ0n) is 17.5. The highest BCUT2D eigenvalue weighted by Crippen LogP contribution is 2.28. The number of nitrogens with zero attached hydrogens (tertiary/aromatic N) is 2. The van der Waals surface area contributed by atoms with Crippen LogP contribution in [0, 0.1) is 0 Å². The van der Waals surface area contributed by atoms with E-state index in [0.717, 1.165) is 42.5 Å². The van der Waals surface area contributed by atoms with Crippen molar-refractivity contribution in [2.75, 3.05) is 51.3 Å². The number of ether oxygens (including phenoxy) is 2. The predicted octanol–water partition coefficient (Wildman–Crippen LogP) is 4.37. The van der Waals surface area contributed by atoms with E-state index in [0.29, 0.717) is 18.0 Å². The van der Waals surface area contributed by atoms with Crippen LogP contribution in [0.4, 0.5) is 5.69 Å². The van der Waals surface area contributed by atoms with Gasteiger partial charge in [-0.3, -0.25) is 4.90 Å². The zero-order valence-corrected chi connectivity index (χ0v) is 19.0. The lowest BCUT2D eigenvalue weighted by atomic mass is 10.2. The Hall–Kier alpha value is -1.92. The summed E-state index contributed by atoms with van der Waals surface area (Å²) >= 11 is 6.10. The third-order valence-corrected chi connectivity index (χ3v) is 5.23. The third-order valence-electron chi connectivity index (χ3n) is 4.99. The summed E-state index contributed by atoms with van der Waals surface area (Å²) in [5.41, 5.74) is 2.20. The first-order valence-electron chi connectivity index (χ1n) is 9.93. The molecule has 3 rings (SSSR count). The van der Waals surface area contributed by atoms with Crippen LogP contribution < -0.4 is 14.4 Å². The van der Waals surface area contributed by atoms with Crippen LogP contribution in [-0.2, 0) is 0 Å². The number of aliphatic hydroxyl groups excluding tert-OH is 1. The summed E-state index contributed by atoms with van der Waals surface area (Å²) in [6.07, 6.45) is 3.42. The second-order valence-corrected chi connectivity index (χ2v) is 7.58. The molecule has 1 saturated heterocycles. The van der Waals surface area contributed by atoms with Crippen molar-refractivity contribution in [3.63, 3.8) is 0 Å². The number of hydrogen-bond donors (Lipinski definition) is 1. The van der Waals surface area contributed by atoms with Gasteiger partial charge in [0.05, 0.1) is 7.11 Å². The number of halogens is 2. The minimum Gasteiger partial charge on any atom is -0.493 e. The second kappa shape index (κ2) is 12.1. The van der Waals surface area contributed by atoms with Crippen LogP contribution in [0.25, 0.3) is 6.08 Å². The highest BCUT2D eigenvalue weighted by molar-refractivity contribution is 6.30. The van der Waals surface area contributed by atoms with Crippen LogP contribution in [0.2, 0.25) is 5.02 Å². The van der Waals surface area contributed by atoms with E-state index in [-0.39, 0.29) is 19.0 Å². The summed E-state index contributed by atoms with van der Waals surface area (Å²) in [5, 5.41) is 11.2. The van der Waals surface area contributed by atoms with Gasteiger partial charge in [-0.1, -0.05) is 35.9 Å². The summed E-state index contributed by atoms with van der Waals surface area (Å²) < 4.78 is 11.2. The monoisotopic (exact) mass is 452 g/mol. The molecule has 1 aliphatic rings. The maximum absolute atomic E-state index is 10.4. The number of piperazine rings is 1. The molecule has 0 aliphatic carbocycles. The molecule has 0 spiro atoms. The van der Waals surface area contributed by atoms with Crippen LogP contribution in [-0.4, -0.2) is 62.6 Å². The molecule has 5 nitrogen and oxygen atoms in total. The van der Waals surface area contributed by atoms with Crippen LogP contribution in [0.1, 0.15) is 12.5 Å². The fourth-order valence-corrected chi connectivity index (χ4v) is 3.68. The molecule has 2 aromatic carbocycles. The molecule has 0 aromatic heterocycles. The van der Waals surface area contributed by atoms with Crippen LogP contribution in [0.5, 0.6) is 11.5 Å². The second-order valence-electron chi connectivity index (χ2n) is 7.14. The quantitative estimate of drug-likeness (QED) is 0.644. The maximum atomic E-state index is 10.4. The topological polar surface area (TPSA) is 45.2 Å². The number of benzene rings is 2. The summed E-state index contributed by atoms with van der Waals surface area (Å²) in [6.45, 7) is 6.40. The standard InChI is InChI=1S/C23H29ClN2O3.ClH/c1-3-5-18-8-9-22(23(14-18)28-2)29-17-21(27)16-25-10-12-26(13-11-25)20-7-4-6-19(24)15-20;/h3-9,14-15,21,27H,10-13,16-17H2,1-2H3;1H/b5-3+;. The highest BCUT2D eigenvalue weighted by atomic mass is 35.5. The van der Waals surface area contributed by atoms with Crippen molar-refractivity contribution in [3.8, 4) is 11.5 Å². The minimum atomic E-state index is -0.562. The van der Waals surface area contributed by atoms with Crippen molar-refractivity contribution in [2.24, 2.45) is 0 Å². The highest BCUT2D eigenvalue weighted by Gasteiger charge is 2.20. The molecule has 1 fully saturated rings. The van der Waals surface area contributed by atoms with Gasteiger partial charge in [-0.2, -0.15) is 0 Å². The molecule has 1 heterocycles. The van der Waals surface area contributed by atoms with Gasteiger partial charge < -0.3 is 19.5 Å². The number of methoxy groups -OCH3 is 1. The molecule has 1 aliphatic heterocycles. The molecule has 1 N–H and O–H groups in total. The van der Waals surface area contributed by atoms with E-state index in [1.54, 1.807) is 7.11 Å². The molecule has 7 heteroatoms. The Labute approximate surface area is 190 Å². The lowest BCUT2D eigenvalue weighted by molar-refractivity contribution is 0.0653. The van der Waals surface area contributed by atoms with E-state index < -0.39 is 6.10 Å². The Balaban J connectivity index is 0.00000320. The Morgan fingerprint density at radius 3 is 2.53 bits per heavy atom. The number of anilines is 1. The first-order chi connectivity index (χ1) is 14.1. The van der Waals surface area contributed by atoms with Crippen molar-refractivity contribution >= 4 is 35.8 Å². The number of β-amino-alcohol motifs (C(OH)–C–C–N with tert-alkyl or cyclic N) is 1. The van der Waals surface area contributed by atoms with Crippen LogP contribution in [0.15, 0.2) is 48.5 Å². The molecule has 0 saturated carbocycles. The molecule has 0 radical (unpaired) electrons. The van der Waals surface area contributed by atoms with Crippen molar-refractivity contribution in [1.29, 1.82) is 0 Å². The lowest BCUT2D eigenvalue weighted by Gasteiger charge is -2.36. The first kappa shape index (κ1) is 24.4. The van der Waals surface area contributed by atoms with Gasteiger partial charge in [0.25, 0.3) is 0 Å². The molecule has 164 valence electrons. The Bertz CT molecular complexity index is 824. The van der Waals surface area contributed by atoms with Gasteiger partial charge in [0.15, 0.2) is 11.5 Å². The molecular formula is C23H30Cl2N2O3. The van der Waals surface area contributed by atoms with E-state index in [9.17, 15) is 5.11 Å². The molecule has 0 amide bonds. The largest absolute Gasteiger partial charge is 0.493 e. The summed E-state index contributed by atoms with van der Waals surface area (Å²) in [5.74, 6) is 1.31. The summed E-state index contributed by atoms with van der Waals surface area (Å²) in [6, 6.07) is 13.7. The zero-order chi connectivity index (χ0) is 20.6. The van der Waals surface area contributed by atoms with E-state index in [1.165, 1.54) is 0 Å². The molecular weight excluding hydrogens is 423 g/mol. The molecule has 2 aromatic rings. The average Bonchev–Trinajstić information content (AvgIpc) is 2.73. The lowest BCUT2D eigenvalue weighted by Crippen LogP contribution is -2.49. The first-order valence-corrected chi connectivity index (χ1v) is 10.3. The van der Waals surface area contributed by atoms with Crippen LogP contribution in [0.3, 0.4) is 0 Å². The minimum absolute atomic E-state index is 0. The normalized spacial score (nSPS) is 15.7. The van der Waals surface area contributed by atoms with Crippen molar-refractivity contribution < 1.29 is 14.6 Å². The van der Waals surface area contributed by atoms with Crippen molar-refractivity contribution in [2.45, 2.75) is 13.0 Å². The average molecular weight is 453 g/mol. The van der Waals surface area contributed by atoms with E-state index in [4.69, 9.17) is 21.1 Å². The van der Waals surface area contributed by atoms with Gasteiger partial charge in [-0.15, -0.1) is 12.4 Å². The van der Waals surface area contributed by atoms with Gasteiger partial charge >= 0.3 is 0 Å². The number of rotatable bonds is 8. The number of hydrogen-bond acceptors (Lipinski definition) is 5. The molecule has 30 heavy (non-hydrogen) atoms. The van der Waals surface area contributed by atoms with E-state index in [2.05, 4.69) is 15.9 Å². The van der Waals surface area contributed by atoms with Gasteiger partial charge in [0.2, 0.25) is 0 Å². The van der Waals surface area contributed by atoms with Gasteiger partial charge in [0, 0.05) is 43.4 Å². The van der Waals surface area contributed by atoms with E-state index in [1.807, 2.05) is 55.5 Å². The third kappa shape index (κ3) is 6.81. The summed E-state index contributed by atoms with van der Waals surface area (Å²) in [7, 11) is 1.62. The van der Waals surface area contributed by atoms with Crippen molar-refractivity contribution in [3.05, 3.63) is 59.1 Å². The Morgan fingerprint density at radius 2 is 1.87 bits per heavy atom. The Morgan fingerprint density at radius 1 is 1.10 bits per heavy atom. The smallest absolute Gasteiger partial charge is 0.161 e. The van der Waals surface area contributed by atoms with Gasteiger partial charge in [-0.05, 0) is 42.8 Å². The van der Waals surface area contributed by atoms with Crippen molar-refractivity contribution in [1.82, 2.24) is 4.90 Å². The predicted molar refractivity (Wildman–Crippen MR) is 127 cm³/mol. The maximum Gasteiger partial charge on any atom is 0.161 e. The number of allylic oxidation sites excluding steroid dienone is 1. The van der Waals surface area contributed by atoms with Gasteiger partial charge in [0.1, 0.15) is 12.7 Å². The van der Waals surface area contributed by atoms with Crippen LogP contribution >= 0.6 is 24.0 Å². The number of aliphatic hydroxyl groups is 1. The fraction of sp³-hybridized carbons (Fsp3) is 0.391.